The first-order valence-electron chi connectivity index (χ1n) is 16.2. The summed E-state index contributed by atoms with van der Waals surface area (Å²) in [6.07, 6.45) is 0. The Balaban J connectivity index is 1.22. The van der Waals surface area contributed by atoms with Crippen molar-refractivity contribution in [3.8, 4) is 28.6 Å². The Labute approximate surface area is 276 Å². The molecule has 0 spiro atoms. The van der Waals surface area contributed by atoms with E-state index in [1.165, 1.54) is 49.2 Å². The zero-order valence-electron chi connectivity index (χ0n) is 25.9. The van der Waals surface area contributed by atoms with E-state index in [-0.39, 0.29) is 0 Å². The van der Waals surface area contributed by atoms with Crippen molar-refractivity contribution in [1.29, 1.82) is 5.26 Å². The minimum atomic E-state index is 0.673. The number of benzene rings is 8. The minimum absolute atomic E-state index is 0.673. The molecule has 0 atom stereocenters. The molecule has 0 fully saturated rings. The molecule has 0 aliphatic heterocycles. The molecule has 48 heavy (non-hydrogen) atoms. The lowest BCUT2D eigenvalue weighted by Gasteiger charge is -2.12. The van der Waals surface area contributed by atoms with E-state index < -0.39 is 0 Å². The Kier molecular flexibility index (Phi) is 5.64. The highest BCUT2D eigenvalue weighted by Crippen LogP contribution is 2.41. The van der Waals surface area contributed by atoms with Crippen molar-refractivity contribution in [2.75, 3.05) is 0 Å². The van der Waals surface area contributed by atoms with Gasteiger partial charge in [-0.1, -0.05) is 97.1 Å². The maximum Gasteiger partial charge on any atom is 0.0991 e. The van der Waals surface area contributed by atoms with Gasteiger partial charge in [-0.05, 0) is 99.4 Å². The fourth-order valence-electron chi connectivity index (χ4n) is 7.78. The van der Waals surface area contributed by atoms with Crippen molar-refractivity contribution < 1.29 is 0 Å². The molecule has 222 valence electrons. The molecule has 3 heteroatoms. The van der Waals surface area contributed by atoms with Crippen molar-refractivity contribution in [2.45, 2.75) is 0 Å². The SMILES string of the molecule is N#Cc1ccc2ccc3ccc(-n4c5ccccc5c5cc(-c6cccc7c6c6ccccc6n7-c6ccccc6)ccc54)cc3c2c1. The third-order valence-corrected chi connectivity index (χ3v) is 9.91. The molecule has 0 saturated heterocycles. The lowest BCUT2D eigenvalue weighted by Crippen LogP contribution is -1.94. The smallest absolute Gasteiger partial charge is 0.0991 e. The Hall–Kier alpha value is -6.63. The number of para-hydroxylation sites is 3. The van der Waals surface area contributed by atoms with E-state index in [1.54, 1.807) is 0 Å². The molecule has 8 aromatic carbocycles. The van der Waals surface area contributed by atoms with Crippen molar-refractivity contribution in [2.24, 2.45) is 0 Å². The standard InChI is InChI=1S/C45H27N3/c46-28-29-17-18-30-19-20-31-21-23-34(27-39(31)38(30)25-29)48-41-14-6-4-11-36(41)40-26-32(22-24-43(40)48)35-13-8-16-44-45(35)37-12-5-7-15-42(37)47(44)33-9-2-1-3-10-33/h1-27H. The number of aromatic nitrogens is 2. The van der Waals surface area contributed by atoms with Crippen LogP contribution in [0.2, 0.25) is 0 Å². The van der Waals surface area contributed by atoms with E-state index in [0.717, 1.165) is 38.4 Å². The quantitative estimate of drug-likeness (QED) is 0.183. The number of rotatable bonds is 3. The summed E-state index contributed by atoms with van der Waals surface area (Å²) >= 11 is 0. The maximum atomic E-state index is 9.62. The van der Waals surface area contributed by atoms with E-state index in [0.29, 0.717) is 5.56 Å². The molecule has 10 aromatic rings. The molecule has 3 nitrogen and oxygen atoms in total. The van der Waals surface area contributed by atoms with Crippen LogP contribution < -0.4 is 0 Å². The predicted molar refractivity (Wildman–Crippen MR) is 200 cm³/mol. The summed E-state index contributed by atoms with van der Waals surface area (Å²) in [6.45, 7) is 0. The summed E-state index contributed by atoms with van der Waals surface area (Å²) in [5, 5.41) is 19.1. The second kappa shape index (κ2) is 10.2. The van der Waals surface area contributed by atoms with Gasteiger partial charge in [0.2, 0.25) is 0 Å². The lowest BCUT2D eigenvalue weighted by atomic mass is 9.98. The van der Waals surface area contributed by atoms with Crippen LogP contribution in [0.5, 0.6) is 0 Å². The van der Waals surface area contributed by atoms with Gasteiger partial charge in [-0.2, -0.15) is 5.26 Å². The normalized spacial score (nSPS) is 11.7. The van der Waals surface area contributed by atoms with Gasteiger partial charge in [0.15, 0.2) is 0 Å². The molecular formula is C45H27N3. The molecule has 0 bridgehead atoms. The van der Waals surface area contributed by atoms with E-state index >= 15 is 0 Å². The van der Waals surface area contributed by atoms with Crippen LogP contribution in [0.25, 0.3) is 87.7 Å². The maximum absolute atomic E-state index is 9.62. The van der Waals surface area contributed by atoms with Crippen molar-refractivity contribution in [1.82, 2.24) is 9.13 Å². The third-order valence-electron chi connectivity index (χ3n) is 9.91. The number of fused-ring (bicyclic) bond motifs is 9. The van der Waals surface area contributed by atoms with Gasteiger partial charge >= 0.3 is 0 Å². The van der Waals surface area contributed by atoms with E-state index in [9.17, 15) is 5.26 Å². The van der Waals surface area contributed by atoms with Gasteiger partial charge in [0.25, 0.3) is 0 Å². The number of hydrogen-bond donors (Lipinski definition) is 0. The van der Waals surface area contributed by atoms with Crippen LogP contribution in [0.3, 0.4) is 0 Å². The molecule has 2 heterocycles. The average molecular weight is 610 g/mol. The third kappa shape index (κ3) is 3.81. The predicted octanol–water partition coefficient (Wildman–Crippen LogP) is 11.7. The van der Waals surface area contributed by atoms with Crippen molar-refractivity contribution in [3.05, 3.63) is 169 Å². The average Bonchev–Trinajstić information content (AvgIpc) is 3.67. The van der Waals surface area contributed by atoms with Gasteiger partial charge in [0, 0.05) is 32.9 Å². The second-order valence-corrected chi connectivity index (χ2v) is 12.5. The van der Waals surface area contributed by atoms with Gasteiger partial charge < -0.3 is 9.13 Å². The van der Waals surface area contributed by atoms with Gasteiger partial charge in [0.05, 0.1) is 33.7 Å². The molecular weight excluding hydrogens is 583 g/mol. The molecule has 2 aromatic heterocycles. The van der Waals surface area contributed by atoms with Crippen LogP contribution in [0, 0.1) is 11.3 Å². The highest BCUT2D eigenvalue weighted by Gasteiger charge is 2.18. The molecule has 0 radical (unpaired) electrons. The summed E-state index contributed by atoms with van der Waals surface area (Å²) in [4.78, 5) is 0. The van der Waals surface area contributed by atoms with Crippen LogP contribution in [0.4, 0.5) is 0 Å². The molecule has 10 rings (SSSR count). The topological polar surface area (TPSA) is 33.6 Å². The Morgan fingerprint density at radius 1 is 0.396 bits per heavy atom. The van der Waals surface area contributed by atoms with Crippen molar-refractivity contribution >= 4 is 65.2 Å². The largest absolute Gasteiger partial charge is 0.309 e. The Morgan fingerprint density at radius 2 is 1.02 bits per heavy atom. The first-order valence-corrected chi connectivity index (χ1v) is 16.2. The van der Waals surface area contributed by atoms with Gasteiger partial charge in [-0.15, -0.1) is 0 Å². The zero-order valence-corrected chi connectivity index (χ0v) is 25.9. The molecule has 0 unspecified atom stereocenters. The first-order chi connectivity index (χ1) is 23.8. The highest BCUT2D eigenvalue weighted by atomic mass is 15.0. The molecule has 0 aliphatic rings. The fourth-order valence-corrected chi connectivity index (χ4v) is 7.78. The summed E-state index contributed by atoms with van der Waals surface area (Å²) in [7, 11) is 0. The Morgan fingerprint density at radius 3 is 1.83 bits per heavy atom. The second-order valence-electron chi connectivity index (χ2n) is 12.5. The van der Waals surface area contributed by atoms with Crippen LogP contribution in [0.1, 0.15) is 5.56 Å². The summed E-state index contributed by atoms with van der Waals surface area (Å²) in [5.41, 5.74) is 10.1. The van der Waals surface area contributed by atoms with Crippen LogP contribution in [0.15, 0.2) is 164 Å². The molecule has 0 saturated carbocycles. The summed E-state index contributed by atoms with van der Waals surface area (Å²) < 4.78 is 4.75. The van der Waals surface area contributed by atoms with Gasteiger partial charge in [0.1, 0.15) is 0 Å². The minimum Gasteiger partial charge on any atom is -0.309 e. The molecule has 0 aliphatic carbocycles. The van der Waals surface area contributed by atoms with E-state index in [4.69, 9.17) is 0 Å². The van der Waals surface area contributed by atoms with Gasteiger partial charge in [-0.25, -0.2) is 0 Å². The highest BCUT2D eigenvalue weighted by molar-refractivity contribution is 6.17. The number of nitriles is 1. The van der Waals surface area contributed by atoms with Crippen LogP contribution in [-0.2, 0) is 0 Å². The molecule has 0 amide bonds. The summed E-state index contributed by atoms with van der Waals surface area (Å²) in [6, 6.07) is 60.9. The Bertz CT molecular complexity index is 2950. The van der Waals surface area contributed by atoms with Crippen LogP contribution >= 0.6 is 0 Å². The zero-order chi connectivity index (χ0) is 31.8. The number of hydrogen-bond acceptors (Lipinski definition) is 1. The van der Waals surface area contributed by atoms with Crippen LogP contribution in [-0.4, -0.2) is 9.13 Å². The molecule has 0 N–H and O–H groups in total. The van der Waals surface area contributed by atoms with Crippen molar-refractivity contribution in [3.63, 3.8) is 0 Å². The monoisotopic (exact) mass is 609 g/mol. The first kappa shape index (κ1) is 26.6. The summed E-state index contributed by atoms with van der Waals surface area (Å²) in [5.74, 6) is 0. The lowest BCUT2D eigenvalue weighted by molar-refractivity contribution is 1.18. The number of nitrogens with zero attached hydrogens (tertiary/aromatic N) is 3. The van der Waals surface area contributed by atoms with E-state index in [2.05, 4.69) is 161 Å². The van der Waals surface area contributed by atoms with E-state index in [1.807, 2.05) is 18.2 Å². The van der Waals surface area contributed by atoms with Gasteiger partial charge in [-0.3, -0.25) is 0 Å². The fraction of sp³-hybridized carbons (Fsp3) is 0.